The molecule has 0 bridgehead atoms. The summed E-state index contributed by atoms with van der Waals surface area (Å²) in [5.74, 6) is -0.139. The third kappa shape index (κ3) is 4.23. The fourth-order valence-corrected chi connectivity index (χ4v) is 4.88. The third-order valence-electron chi connectivity index (χ3n) is 6.55. The van der Waals surface area contributed by atoms with Crippen LogP contribution in [-0.4, -0.2) is 15.3 Å². The first-order valence-corrected chi connectivity index (χ1v) is 11.4. The molecular weight excluding hydrogens is 415 g/mol. The molecule has 1 aliphatic rings. The molecule has 4 aromatic rings. The summed E-state index contributed by atoms with van der Waals surface area (Å²) < 4.78 is 15.1. The SMILES string of the molecule is CCn1cc(C(=O)Cc2ccc(F)cc2)c(=O)c2cc(CC3Cc4ccccc4C3)cnc21. The van der Waals surface area contributed by atoms with Gasteiger partial charge in [0.25, 0.3) is 0 Å². The number of benzene rings is 2. The minimum atomic E-state index is -0.353. The van der Waals surface area contributed by atoms with Gasteiger partial charge in [0, 0.05) is 25.4 Å². The van der Waals surface area contributed by atoms with Crippen molar-refractivity contribution in [3.05, 3.63) is 111 Å². The van der Waals surface area contributed by atoms with Crippen LogP contribution in [0.15, 0.2) is 71.8 Å². The Bertz CT molecular complexity index is 1380. The smallest absolute Gasteiger partial charge is 0.201 e. The molecule has 2 aromatic carbocycles. The van der Waals surface area contributed by atoms with E-state index >= 15 is 0 Å². The minimum absolute atomic E-state index is 0.0538. The standard InChI is InChI=1S/C28H25FN2O2/c1-2-31-17-25(26(32)15-18-7-9-23(29)10-8-18)27(33)24-14-20(16-30-28(24)31)11-19-12-21-5-3-4-6-22(21)13-19/h3-10,14,16-17,19H,2,11-13,15H2,1H3. The maximum atomic E-state index is 13.3. The Morgan fingerprint density at radius 2 is 1.76 bits per heavy atom. The molecule has 5 rings (SSSR count). The number of aryl methyl sites for hydroxylation is 1. The summed E-state index contributed by atoms with van der Waals surface area (Å²) in [6.45, 7) is 2.56. The van der Waals surface area contributed by atoms with Gasteiger partial charge in [-0.15, -0.1) is 0 Å². The molecule has 5 heteroatoms. The van der Waals surface area contributed by atoms with Crippen LogP contribution in [0.5, 0.6) is 0 Å². The first kappa shape index (κ1) is 21.3. The number of halogens is 1. The fraction of sp³-hybridized carbons (Fsp3) is 0.250. The van der Waals surface area contributed by atoms with Crippen molar-refractivity contribution < 1.29 is 9.18 Å². The number of nitrogens with zero attached hydrogens (tertiary/aromatic N) is 2. The highest BCUT2D eigenvalue weighted by atomic mass is 19.1. The Labute approximate surface area is 191 Å². The second-order valence-corrected chi connectivity index (χ2v) is 8.85. The zero-order valence-corrected chi connectivity index (χ0v) is 18.6. The van der Waals surface area contributed by atoms with E-state index in [2.05, 4.69) is 29.2 Å². The number of carbonyl (C=O) groups excluding carboxylic acids is 1. The number of carbonyl (C=O) groups is 1. The van der Waals surface area contributed by atoms with E-state index in [9.17, 15) is 14.0 Å². The van der Waals surface area contributed by atoms with Gasteiger partial charge < -0.3 is 4.57 Å². The van der Waals surface area contributed by atoms with Crippen LogP contribution in [0.3, 0.4) is 0 Å². The highest BCUT2D eigenvalue weighted by Crippen LogP contribution is 2.29. The second-order valence-electron chi connectivity index (χ2n) is 8.85. The normalized spacial score (nSPS) is 13.4. The molecule has 0 fully saturated rings. The number of fused-ring (bicyclic) bond motifs is 2. The van der Waals surface area contributed by atoms with E-state index < -0.39 is 0 Å². The first-order chi connectivity index (χ1) is 16.0. The second kappa shape index (κ2) is 8.74. The van der Waals surface area contributed by atoms with Gasteiger partial charge in [0.05, 0.1) is 10.9 Å². The molecule has 0 aliphatic heterocycles. The molecule has 2 heterocycles. The molecule has 0 amide bonds. The zero-order chi connectivity index (χ0) is 22.9. The quantitative estimate of drug-likeness (QED) is 0.399. The van der Waals surface area contributed by atoms with Crippen molar-refractivity contribution in [2.75, 3.05) is 0 Å². The molecule has 0 N–H and O–H groups in total. The molecule has 0 saturated carbocycles. The van der Waals surface area contributed by atoms with Crippen LogP contribution in [-0.2, 0) is 32.2 Å². The molecule has 2 aromatic heterocycles. The van der Waals surface area contributed by atoms with Crippen molar-refractivity contribution in [1.82, 2.24) is 9.55 Å². The van der Waals surface area contributed by atoms with Crippen LogP contribution in [0.4, 0.5) is 4.39 Å². The van der Waals surface area contributed by atoms with E-state index in [1.807, 2.05) is 23.8 Å². The van der Waals surface area contributed by atoms with Gasteiger partial charge in [-0.3, -0.25) is 9.59 Å². The topological polar surface area (TPSA) is 52.0 Å². The van der Waals surface area contributed by atoms with Crippen molar-refractivity contribution in [2.24, 2.45) is 5.92 Å². The van der Waals surface area contributed by atoms with Gasteiger partial charge in [0.15, 0.2) is 5.78 Å². The number of pyridine rings is 2. The van der Waals surface area contributed by atoms with Crippen LogP contribution in [0.1, 0.15) is 39.5 Å². The Kier molecular flexibility index (Phi) is 5.63. The summed E-state index contributed by atoms with van der Waals surface area (Å²) in [5.41, 5.74) is 4.96. The summed E-state index contributed by atoms with van der Waals surface area (Å²) in [7, 11) is 0. The van der Waals surface area contributed by atoms with Gasteiger partial charge in [0.2, 0.25) is 5.43 Å². The number of rotatable bonds is 6. The average Bonchev–Trinajstić information content (AvgIpc) is 3.23. The van der Waals surface area contributed by atoms with Crippen LogP contribution in [0, 0.1) is 11.7 Å². The van der Waals surface area contributed by atoms with E-state index in [0.717, 1.165) is 24.8 Å². The van der Waals surface area contributed by atoms with E-state index in [1.165, 1.54) is 23.3 Å². The number of ketones is 1. The van der Waals surface area contributed by atoms with Crippen molar-refractivity contribution in [1.29, 1.82) is 0 Å². The summed E-state index contributed by atoms with van der Waals surface area (Å²) in [5, 5.41) is 0.481. The lowest BCUT2D eigenvalue weighted by Gasteiger charge is -2.13. The highest BCUT2D eigenvalue weighted by molar-refractivity contribution is 5.99. The first-order valence-electron chi connectivity index (χ1n) is 11.4. The number of hydrogen-bond donors (Lipinski definition) is 0. The number of Topliss-reactive ketones (excluding diaryl/α,β-unsaturated/α-hetero) is 1. The average molecular weight is 441 g/mol. The molecule has 166 valence electrons. The Balaban J connectivity index is 1.46. The van der Waals surface area contributed by atoms with E-state index in [1.54, 1.807) is 18.3 Å². The molecule has 0 unspecified atom stereocenters. The van der Waals surface area contributed by atoms with Gasteiger partial charge in [0.1, 0.15) is 11.5 Å². The molecule has 0 radical (unpaired) electrons. The Morgan fingerprint density at radius 3 is 2.42 bits per heavy atom. The van der Waals surface area contributed by atoms with Crippen molar-refractivity contribution in [3.63, 3.8) is 0 Å². The van der Waals surface area contributed by atoms with E-state index in [0.29, 0.717) is 29.1 Å². The van der Waals surface area contributed by atoms with Crippen molar-refractivity contribution >= 4 is 16.8 Å². The highest BCUT2D eigenvalue weighted by Gasteiger charge is 2.22. The molecule has 4 nitrogen and oxygen atoms in total. The largest absolute Gasteiger partial charge is 0.332 e. The van der Waals surface area contributed by atoms with Gasteiger partial charge in [-0.25, -0.2) is 9.37 Å². The predicted molar refractivity (Wildman–Crippen MR) is 127 cm³/mol. The van der Waals surface area contributed by atoms with Crippen LogP contribution >= 0.6 is 0 Å². The predicted octanol–water partition coefficient (Wildman–Crippen LogP) is 4.94. The lowest BCUT2D eigenvalue weighted by molar-refractivity contribution is 0.0991. The Morgan fingerprint density at radius 1 is 1.06 bits per heavy atom. The van der Waals surface area contributed by atoms with E-state index in [-0.39, 0.29) is 29.0 Å². The summed E-state index contributed by atoms with van der Waals surface area (Å²) in [4.78, 5) is 30.9. The summed E-state index contributed by atoms with van der Waals surface area (Å²) >= 11 is 0. The van der Waals surface area contributed by atoms with Crippen LogP contribution < -0.4 is 5.43 Å². The lowest BCUT2D eigenvalue weighted by Crippen LogP contribution is -2.21. The van der Waals surface area contributed by atoms with Gasteiger partial charge in [-0.05, 0) is 72.6 Å². The maximum Gasteiger partial charge on any atom is 0.201 e. The summed E-state index contributed by atoms with van der Waals surface area (Å²) in [6, 6.07) is 16.2. The molecule has 0 saturated heterocycles. The number of hydrogen-bond acceptors (Lipinski definition) is 3. The molecule has 0 atom stereocenters. The number of aromatic nitrogens is 2. The lowest BCUT2D eigenvalue weighted by atomic mass is 9.96. The van der Waals surface area contributed by atoms with Crippen LogP contribution in [0.25, 0.3) is 11.0 Å². The molecule has 0 spiro atoms. The monoisotopic (exact) mass is 440 g/mol. The molecule has 33 heavy (non-hydrogen) atoms. The van der Waals surface area contributed by atoms with Gasteiger partial charge in [-0.2, -0.15) is 0 Å². The van der Waals surface area contributed by atoms with Gasteiger partial charge >= 0.3 is 0 Å². The zero-order valence-electron chi connectivity index (χ0n) is 18.6. The molecular formula is C28H25FN2O2. The Hall–Kier alpha value is -3.60. The van der Waals surface area contributed by atoms with Gasteiger partial charge in [-0.1, -0.05) is 36.4 Å². The fourth-order valence-electron chi connectivity index (χ4n) is 4.88. The van der Waals surface area contributed by atoms with Crippen molar-refractivity contribution in [2.45, 2.75) is 39.2 Å². The summed E-state index contributed by atoms with van der Waals surface area (Å²) in [6.07, 6.45) is 6.43. The third-order valence-corrected chi connectivity index (χ3v) is 6.55. The van der Waals surface area contributed by atoms with Crippen molar-refractivity contribution in [3.8, 4) is 0 Å². The molecule has 1 aliphatic carbocycles. The maximum absolute atomic E-state index is 13.3. The van der Waals surface area contributed by atoms with E-state index in [4.69, 9.17) is 0 Å². The van der Waals surface area contributed by atoms with Crippen LogP contribution in [0.2, 0.25) is 0 Å². The minimum Gasteiger partial charge on any atom is -0.332 e.